The molecule has 2 aromatic rings. The molecule has 0 aliphatic carbocycles. The predicted octanol–water partition coefficient (Wildman–Crippen LogP) is 2.23. The molecule has 0 atom stereocenters. The molecule has 0 radical (unpaired) electrons. The van der Waals surface area contributed by atoms with Gasteiger partial charge < -0.3 is 0 Å². The van der Waals surface area contributed by atoms with Gasteiger partial charge in [-0.1, -0.05) is 36.4 Å². The van der Waals surface area contributed by atoms with E-state index in [1.54, 1.807) is 0 Å². The van der Waals surface area contributed by atoms with Crippen LogP contribution in [0.2, 0.25) is 0 Å². The Morgan fingerprint density at radius 3 is 2.63 bits per heavy atom. The van der Waals surface area contributed by atoms with Gasteiger partial charge in [0.1, 0.15) is 0 Å². The Morgan fingerprint density at radius 2 is 1.89 bits per heavy atom. The quantitative estimate of drug-likeness (QED) is 0.785. The Bertz CT molecular complexity index is 608. The highest BCUT2D eigenvalue weighted by atomic mass is 16.1. The summed E-state index contributed by atoms with van der Waals surface area (Å²) >= 11 is 0. The minimum absolute atomic E-state index is 0.209. The van der Waals surface area contributed by atoms with E-state index in [1.807, 2.05) is 30.3 Å². The van der Waals surface area contributed by atoms with Crippen molar-refractivity contribution in [2.24, 2.45) is 0 Å². The van der Waals surface area contributed by atoms with Crippen molar-refractivity contribution in [1.82, 2.24) is 9.80 Å². The second kappa shape index (κ2) is 5.11. The molecule has 1 aliphatic heterocycles. The van der Waals surface area contributed by atoms with Crippen LogP contribution in [0.3, 0.4) is 0 Å². The zero-order chi connectivity index (χ0) is 13.2. The molecular weight excluding hydrogens is 236 g/mol. The van der Waals surface area contributed by atoms with E-state index < -0.39 is 0 Å². The van der Waals surface area contributed by atoms with E-state index in [2.05, 4.69) is 29.0 Å². The van der Waals surface area contributed by atoms with Crippen molar-refractivity contribution in [3.05, 3.63) is 48.0 Å². The molecule has 0 bridgehead atoms. The molecule has 19 heavy (non-hydrogen) atoms. The van der Waals surface area contributed by atoms with E-state index in [4.69, 9.17) is 0 Å². The van der Waals surface area contributed by atoms with Crippen LogP contribution >= 0.6 is 0 Å². The second-order valence-corrected chi connectivity index (χ2v) is 5.26. The van der Waals surface area contributed by atoms with Crippen LogP contribution in [-0.2, 0) is 0 Å². The molecule has 3 rings (SSSR count). The van der Waals surface area contributed by atoms with Crippen LogP contribution in [0, 0.1) is 0 Å². The third kappa shape index (κ3) is 2.67. The number of carbonyl (C=O) groups is 1. The van der Waals surface area contributed by atoms with Crippen LogP contribution < -0.4 is 0 Å². The first-order valence-electron chi connectivity index (χ1n) is 6.65. The molecule has 1 fully saturated rings. The summed E-state index contributed by atoms with van der Waals surface area (Å²) in [5.41, 5.74) is 0.813. The van der Waals surface area contributed by atoms with Crippen LogP contribution in [-0.4, -0.2) is 48.9 Å². The SMILES string of the molecule is CN1CCN(CC(=O)c2ccc3ccccc3c2)C1. The molecule has 1 aliphatic rings. The highest BCUT2D eigenvalue weighted by Gasteiger charge is 2.19. The first-order chi connectivity index (χ1) is 9.22. The van der Waals surface area contributed by atoms with Crippen molar-refractivity contribution in [3.63, 3.8) is 0 Å². The van der Waals surface area contributed by atoms with E-state index >= 15 is 0 Å². The van der Waals surface area contributed by atoms with Gasteiger partial charge in [-0.15, -0.1) is 0 Å². The largest absolute Gasteiger partial charge is 0.293 e. The van der Waals surface area contributed by atoms with Crippen LogP contribution in [0.15, 0.2) is 42.5 Å². The Labute approximate surface area is 113 Å². The normalized spacial score (nSPS) is 17.1. The van der Waals surface area contributed by atoms with Crippen molar-refractivity contribution in [2.45, 2.75) is 0 Å². The summed E-state index contributed by atoms with van der Waals surface area (Å²) in [6, 6.07) is 14.1. The number of ketones is 1. The zero-order valence-electron chi connectivity index (χ0n) is 11.2. The summed E-state index contributed by atoms with van der Waals surface area (Å²) in [6.07, 6.45) is 0. The number of fused-ring (bicyclic) bond motifs is 1. The van der Waals surface area contributed by atoms with Gasteiger partial charge in [0.05, 0.1) is 13.2 Å². The van der Waals surface area contributed by atoms with E-state index in [1.165, 1.54) is 5.39 Å². The van der Waals surface area contributed by atoms with Gasteiger partial charge in [0.2, 0.25) is 0 Å². The molecule has 0 aromatic heterocycles. The standard InChI is InChI=1S/C16H18N2O/c1-17-8-9-18(12-17)11-16(19)15-7-6-13-4-2-3-5-14(13)10-15/h2-7,10H,8-9,11-12H2,1H3. The molecule has 98 valence electrons. The molecule has 0 saturated carbocycles. The molecule has 0 N–H and O–H groups in total. The fourth-order valence-electron chi connectivity index (χ4n) is 2.58. The lowest BCUT2D eigenvalue weighted by Crippen LogP contribution is -2.29. The van der Waals surface area contributed by atoms with Crippen molar-refractivity contribution in [3.8, 4) is 0 Å². The molecule has 1 saturated heterocycles. The fraction of sp³-hybridized carbons (Fsp3) is 0.312. The first kappa shape index (κ1) is 12.3. The molecule has 3 heteroatoms. The van der Waals surface area contributed by atoms with Gasteiger partial charge in [0.15, 0.2) is 5.78 Å². The summed E-state index contributed by atoms with van der Waals surface area (Å²) in [5, 5.41) is 2.31. The fourth-order valence-corrected chi connectivity index (χ4v) is 2.58. The molecule has 1 heterocycles. The van der Waals surface area contributed by atoms with Crippen molar-refractivity contribution < 1.29 is 4.79 Å². The topological polar surface area (TPSA) is 23.6 Å². The molecule has 0 unspecified atom stereocenters. The number of rotatable bonds is 3. The van der Waals surface area contributed by atoms with Crippen LogP contribution in [0.25, 0.3) is 10.8 Å². The number of nitrogens with zero attached hydrogens (tertiary/aromatic N) is 2. The van der Waals surface area contributed by atoms with Crippen LogP contribution in [0.4, 0.5) is 0 Å². The molecule has 0 spiro atoms. The number of benzene rings is 2. The second-order valence-electron chi connectivity index (χ2n) is 5.26. The Hall–Kier alpha value is -1.71. The molecule has 2 aromatic carbocycles. The van der Waals surface area contributed by atoms with Crippen molar-refractivity contribution >= 4 is 16.6 Å². The third-order valence-corrected chi connectivity index (χ3v) is 3.68. The van der Waals surface area contributed by atoms with E-state index in [0.717, 1.165) is 30.7 Å². The lowest BCUT2D eigenvalue weighted by molar-refractivity contribution is 0.0937. The Balaban J connectivity index is 1.77. The summed E-state index contributed by atoms with van der Waals surface area (Å²) < 4.78 is 0. The zero-order valence-corrected chi connectivity index (χ0v) is 11.2. The summed E-state index contributed by atoms with van der Waals surface area (Å²) in [7, 11) is 2.08. The van der Waals surface area contributed by atoms with Crippen molar-refractivity contribution in [2.75, 3.05) is 33.4 Å². The minimum Gasteiger partial charge on any atom is -0.293 e. The van der Waals surface area contributed by atoms with Gasteiger partial charge in [0, 0.05) is 18.7 Å². The lowest BCUT2D eigenvalue weighted by atomic mass is 10.0. The highest BCUT2D eigenvalue weighted by molar-refractivity contribution is 6.01. The monoisotopic (exact) mass is 254 g/mol. The number of Topliss-reactive ketones (excluding diaryl/α,β-unsaturated/α-hetero) is 1. The van der Waals surface area contributed by atoms with E-state index in [9.17, 15) is 4.79 Å². The number of hydrogen-bond acceptors (Lipinski definition) is 3. The van der Waals surface area contributed by atoms with Gasteiger partial charge >= 0.3 is 0 Å². The predicted molar refractivity (Wildman–Crippen MR) is 77.3 cm³/mol. The maximum Gasteiger partial charge on any atom is 0.176 e. The molecule has 3 nitrogen and oxygen atoms in total. The maximum absolute atomic E-state index is 12.3. The summed E-state index contributed by atoms with van der Waals surface area (Å²) in [6.45, 7) is 3.43. The third-order valence-electron chi connectivity index (χ3n) is 3.68. The van der Waals surface area contributed by atoms with E-state index in [-0.39, 0.29) is 5.78 Å². The Morgan fingerprint density at radius 1 is 1.11 bits per heavy atom. The maximum atomic E-state index is 12.3. The average Bonchev–Trinajstić information content (AvgIpc) is 2.83. The molecular formula is C16H18N2O. The summed E-state index contributed by atoms with van der Waals surface area (Å²) in [4.78, 5) is 16.7. The Kier molecular flexibility index (Phi) is 3.32. The first-order valence-corrected chi connectivity index (χ1v) is 6.65. The van der Waals surface area contributed by atoms with Crippen LogP contribution in [0.5, 0.6) is 0 Å². The number of carbonyl (C=O) groups excluding carboxylic acids is 1. The van der Waals surface area contributed by atoms with E-state index in [0.29, 0.717) is 6.54 Å². The van der Waals surface area contributed by atoms with Crippen LogP contribution in [0.1, 0.15) is 10.4 Å². The minimum atomic E-state index is 0.209. The van der Waals surface area contributed by atoms with Crippen molar-refractivity contribution in [1.29, 1.82) is 0 Å². The number of hydrogen-bond donors (Lipinski definition) is 0. The van der Waals surface area contributed by atoms with Gasteiger partial charge in [-0.05, 0) is 23.9 Å². The highest BCUT2D eigenvalue weighted by Crippen LogP contribution is 2.16. The average molecular weight is 254 g/mol. The van der Waals surface area contributed by atoms with Gasteiger partial charge in [-0.2, -0.15) is 0 Å². The smallest absolute Gasteiger partial charge is 0.176 e. The lowest BCUT2D eigenvalue weighted by Gasteiger charge is -2.14. The van der Waals surface area contributed by atoms with Gasteiger partial charge in [-0.3, -0.25) is 14.6 Å². The van der Waals surface area contributed by atoms with Gasteiger partial charge in [0.25, 0.3) is 0 Å². The van der Waals surface area contributed by atoms with Gasteiger partial charge in [-0.25, -0.2) is 0 Å². The number of likely N-dealkylation sites (N-methyl/N-ethyl adjacent to an activating group) is 1. The molecule has 0 amide bonds. The summed E-state index contributed by atoms with van der Waals surface area (Å²) in [5.74, 6) is 0.209.